The van der Waals surface area contributed by atoms with Gasteiger partial charge in [-0.15, -0.1) is 6.58 Å². The second kappa shape index (κ2) is 9.93. The molecule has 4 nitrogen and oxygen atoms in total. The molecule has 0 aromatic carbocycles. The van der Waals surface area contributed by atoms with Crippen molar-refractivity contribution in [3.63, 3.8) is 0 Å². The molecular formula is C21H33N3O. The van der Waals surface area contributed by atoms with E-state index < -0.39 is 0 Å². The SMILES string of the molecule is C=CCC[C@@H](CN1CCCC1)Oc1ccc(CN2CCCCC2)cn1. The van der Waals surface area contributed by atoms with Gasteiger partial charge in [0.15, 0.2) is 0 Å². The van der Waals surface area contributed by atoms with Crippen LogP contribution in [0.25, 0.3) is 0 Å². The lowest BCUT2D eigenvalue weighted by atomic mass is 10.1. The molecule has 2 aliphatic rings. The van der Waals surface area contributed by atoms with Gasteiger partial charge in [-0.2, -0.15) is 0 Å². The highest BCUT2D eigenvalue weighted by Crippen LogP contribution is 2.17. The van der Waals surface area contributed by atoms with E-state index in [1.165, 1.54) is 63.8 Å². The molecule has 138 valence electrons. The van der Waals surface area contributed by atoms with Crippen LogP contribution in [0.4, 0.5) is 0 Å². The van der Waals surface area contributed by atoms with Gasteiger partial charge in [-0.25, -0.2) is 4.98 Å². The van der Waals surface area contributed by atoms with Gasteiger partial charge in [-0.1, -0.05) is 18.6 Å². The summed E-state index contributed by atoms with van der Waals surface area (Å²) in [7, 11) is 0. The van der Waals surface area contributed by atoms with Crippen LogP contribution in [0.15, 0.2) is 31.0 Å². The first-order chi connectivity index (χ1) is 12.3. The monoisotopic (exact) mass is 343 g/mol. The minimum Gasteiger partial charge on any atom is -0.473 e. The molecule has 0 N–H and O–H groups in total. The molecule has 0 spiro atoms. The van der Waals surface area contributed by atoms with E-state index in [-0.39, 0.29) is 6.10 Å². The summed E-state index contributed by atoms with van der Waals surface area (Å²) >= 11 is 0. The number of hydrogen-bond acceptors (Lipinski definition) is 4. The van der Waals surface area contributed by atoms with E-state index in [2.05, 4.69) is 27.4 Å². The summed E-state index contributed by atoms with van der Waals surface area (Å²) in [5.41, 5.74) is 1.29. The first kappa shape index (κ1) is 18.4. The molecule has 3 heterocycles. The average molecular weight is 344 g/mol. The van der Waals surface area contributed by atoms with E-state index >= 15 is 0 Å². The largest absolute Gasteiger partial charge is 0.473 e. The maximum Gasteiger partial charge on any atom is 0.213 e. The number of piperidine rings is 1. The van der Waals surface area contributed by atoms with Gasteiger partial charge in [-0.05, 0) is 70.3 Å². The minimum absolute atomic E-state index is 0.205. The van der Waals surface area contributed by atoms with Crippen molar-refractivity contribution in [2.45, 2.75) is 57.6 Å². The summed E-state index contributed by atoms with van der Waals surface area (Å²) in [5.74, 6) is 0.760. The number of nitrogens with zero attached hydrogens (tertiary/aromatic N) is 3. The molecule has 0 amide bonds. The molecule has 0 saturated carbocycles. The lowest BCUT2D eigenvalue weighted by Crippen LogP contribution is -2.34. The van der Waals surface area contributed by atoms with E-state index in [9.17, 15) is 0 Å². The number of pyridine rings is 1. The average Bonchev–Trinajstić information content (AvgIpc) is 3.15. The van der Waals surface area contributed by atoms with Gasteiger partial charge in [0.25, 0.3) is 0 Å². The summed E-state index contributed by atoms with van der Waals surface area (Å²) < 4.78 is 6.21. The van der Waals surface area contributed by atoms with E-state index in [0.717, 1.165) is 31.8 Å². The predicted molar refractivity (Wildman–Crippen MR) is 103 cm³/mol. The highest BCUT2D eigenvalue weighted by Gasteiger charge is 2.19. The topological polar surface area (TPSA) is 28.6 Å². The Morgan fingerprint density at radius 3 is 2.44 bits per heavy atom. The third kappa shape index (κ3) is 6.12. The zero-order chi connectivity index (χ0) is 17.3. The van der Waals surface area contributed by atoms with Gasteiger partial charge in [0.2, 0.25) is 5.88 Å². The van der Waals surface area contributed by atoms with Crippen molar-refractivity contribution in [2.75, 3.05) is 32.7 Å². The van der Waals surface area contributed by atoms with Crippen LogP contribution in [0.5, 0.6) is 5.88 Å². The first-order valence-electron chi connectivity index (χ1n) is 10.0. The van der Waals surface area contributed by atoms with Crippen LogP contribution in [0, 0.1) is 0 Å². The highest BCUT2D eigenvalue weighted by molar-refractivity contribution is 5.18. The second-order valence-corrected chi connectivity index (χ2v) is 7.46. The molecule has 0 aliphatic carbocycles. The smallest absolute Gasteiger partial charge is 0.213 e. The van der Waals surface area contributed by atoms with Crippen molar-refractivity contribution in [2.24, 2.45) is 0 Å². The molecule has 0 bridgehead atoms. The summed E-state index contributed by atoms with van der Waals surface area (Å²) in [4.78, 5) is 9.61. The summed E-state index contributed by atoms with van der Waals surface area (Å²) in [5, 5.41) is 0. The molecule has 1 aromatic heterocycles. The Labute approximate surface area is 152 Å². The molecule has 1 atom stereocenters. The van der Waals surface area contributed by atoms with Crippen LogP contribution in [0.2, 0.25) is 0 Å². The standard InChI is InChI=1S/C21H33N3O/c1-2-3-9-20(18-24-14-7-8-15-24)25-21-11-10-19(16-22-21)17-23-12-5-4-6-13-23/h2,10-11,16,20H,1,3-9,12-15,17-18H2/t20-/m0/s1. The molecule has 3 rings (SSSR count). The van der Waals surface area contributed by atoms with Crippen LogP contribution >= 0.6 is 0 Å². The van der Waals surface area contributed by atoms with Gasteiger partial charge >= 0.3 is 0 Å². The molecule has 25 heavy (non-hydrogen) atoms. The van der Waals surface area contributed by atoms with Crippen molar-refractivity contribution < 1.29 is 4.74 Å². The van der Waals surface area contributed by atoms with E-state index in [1.54, 1.807) is 0 Å². The van der Waals surface area contributed by atoms with Crippen molar-refractivity contribution in [3.05, 3.63) is 36.5 Å². The quantitative estimate of drug-likeness (QED) is 0.636. The zero-order valence-corrected chi connectivity index (χ0v) is 15.5. The molecule has 1 aromatic rings. The summed E-state index contributed by atoms with van der Waals surface area (Å²) in [6.45, 7) is 10.7. The Bertz CT molecular complexity index is 504. The third-order valence-electron chi connectivity index (χ3n) is 5.29. The van der Waals surface area contributed by atoms with Crippen LogP contribution in [0.3, 0.4) is 0 Å². The van der Waals surface area contributed by atoms with Crippen LogP contribution < -0.4 is 4.74 Å². The number of allylic oxidation sites excluding steroid dienone is 1. The fraction of sp³-hybridized carbons (Fsp3) is 0.667. The van der Waals surface area contributed by atoms with Gasteiger partial charge in [-0.3, -0.25) is 9.80 Å². The number of hydrogen-bond donors (Lipinski definition) is 0. The van der Waals surface area contributed by atoms with E-state index in [1.807, 2.05) is 18.3 Å². The van der Waals surface area contributed by atoms with Gasteiger partial charge < -0.3 is 4.74 Å². The minimum atomic E-state index is 0.205. The van der Waals surface area contributed by atoms with Crippen molar-refractivity contribution in [3.8, 4) is 5.88 Å². The Hall–Kier alpha value is -1.39. The number of ether oxygens (including phenoxy) is 1. The van der Waals surface area contributed by atoms with Crippen molar-refractivity contribution in [1.29, 1.82) is 0 Å². The zero-order valence-electron chi connectivity index (χ0n) is 15.5. The lowest BCUT2D eigenvalue weighted by molar-refractivity contribution is 0.134. The van der Waals surface area contributed by atoms with Gasteiger partial charge in [0.05, 0.1) is 0 Å². The maximum atomic E-state index is 6.21. The van der Waals surface area contributed by atoms with Gasteiger partial charge in [0, 0.05) is 25.4 Å². The van der Waals surface area contributed by atoms with E-state index in [0.29, 0.717) is 0 Å². The van der Waals surface area contributed by atoms with E-state index in [4.69, 9.17) is 4.74 Å². The van der Waals surface area contributed by atoms with Crippen LogP contribution in [-0.4, -0.2) is 53.6 Å². The molecule has 2 aliphatic heterocycles. The van der Waals surface area contributed by atoms with Crippen LogP contribution in [-0.2, 0) is 6.54 Å². The second-order valence-electron chi connectivity index (χ2n) is 7.46. The Kier molecular flexibility index (Phi) is 7.31. The molecule has 2 fully saturated rings. The molecular weight excluding hydrogens is 310 g/mol. The lowest BCUT2D eigenvalue weighted by Gasteiger charge is -2.26. The van der Waals surface area contributed by atoms with Gasteiger partial charge in [0.1, 0.15) is 6.10 Å². The Morgan fingerprint density at radius 1 is 1.04 bits per heavy atom. The predicted octanol–water partition coefficient (Wildman–Crippen LogP) is 3.88. The fourth-order valence-electron chi connectivity index (χ4n) is 3.87. The first-order valence-corrected chi connectivity index (χ1v) is 10.0. The maximum absolute atomic E-state index is 6.21. The normalized spacial score (nSPS) is 20.5. The molecule has 4 heteroatoms. The third-order valence-corrected chi connectivity index (χ3v) is 5.29. The number of aromatic nitrogens is 1. The Balaban J connectivity index is 1.52. The molecule has 0 radical (unpaired) electrons. The summed E-state index contributed by atoms with van der Waals surface area (Å²) in [6.07, 6.45) is 12.9. The molecule has 2 saturated heterocycles. The van der Waals surface area contributed by atoms with Crippen molar-refractivity contribution >= 4 is 0 Å². The summed E-state index contributed by atoms with van der Waals surface area (Å²) in [6, 6.07) is 4.22. The highest BCUT2D eigenvalue weighted by atomic mass is 16.5. The number of rotatable bonds is 9. The molecule has 0 unspecified atom stereocenters. The van der Waals surface area contributed by atoms with Crippen molar-refractivity contribution in [1.82, 2.24) is 14.8 Å². The Morgan fingerprint density at radius 2 is 1.76 bits per heavy atom. The fourth-order valence-corrected chi connectivity index (χ4v) is 3.87. The van der Waals surface area contributed by atoms with Crippen LogP contribution in [0.1, 0.15) is 50.5 Å². The number of likely N-dealkylation sites (tertiary alicyclic amines) is 2.